The van der Waals surface area contributed by atoms with Gasteiger partial charge in [0, 0.05) is 16.1 Å². The molecule has 0 unspecified atom stereocenters. The molecule has 82 valence electrons. The molecule has 4 heteroatoms. The van der Waals surface area contributed by atoms with Crippen LogP contribution in [0.2, 0.25) is 0 Å². The Bertz CT molecular complexity index is 540. The van der Waals surface area contributed by atoms with Crippen LogP contribution in [0.5, 0.6) is 0 Å². The maximum Gasteiger partial charge on any atom is 0.356 e. The van der Waals surface area contributed by atoms with Gasteiger partial charge < -0.3 is 4.74 Å². The molecule has 0 amide bonds. The Labute approximate surface area is 102 Å². The lowest BCUT2D eigenvalue weighted by Crippen LogP contribution is -2.06. The van der Waals surface area contributed by atoms with Gasteiger partial charge >= 0.3 is 5.97 Å². The summed E-state index contributed by atoms with van der Waals surface area (Å²) in [7, 11) is 0. The van der Waals surface area contributed by atoms with Crippen molar-refractivity contribution in [3.05, 3.63) is 40.6 Å². The molecule has 0 fully saturated rings. The van der Waals surface area contributed by atoms with E-state index in [0.717, 1.165) is 15.2 Å². The second-order valence-corrected chi connectivity index (χ2v) is 4.20. The molecule has 0 radical (unpaired) electrons. The number of carbonyl (C=O) groups is 1. The van der Waals surface area contributed by atoms with Crippen molar-refractivity contribution < 1.29 is 9.53 Å². The number of nitrogens with zero attached hydrogens (tertiary/aromatic N) is 1. The van der Waals surface area contributed by atoms with E-state index in [-0.39, 0.29) is 5.97 Å². The average Bonchev–Trinajstić information content (AvgIpc) is 2.28. The third kappa shape index (κ3) is 2.22. The van der Waals surface area contributed by atoms with E-state index in [9.17, 15) is 4.79 Å². The molecule has 0 atom stereocenters. The molecule has 2 rings (SSSR count). The van der Waals surface area contributed by atoms with E-state index >= 15 is 0 Å². The van der Waals surface area contributed by atoms with Crippen LogP contribution < -0.4 is 0 Å². The summed E-state index contributed by atoms with van der Waals surface area (Å²) in [6.45, 7) is 2.13. The molecule has 2 aromatic rings. The summed E-state index contributed by atoms with van der Waals surface area (Å²) in [4.78, 5) is 15.5. The number of benzene rings is 1. The van der Waals surface area contributed by atoms with Crippen LogP contribution >= 0.6 is 15.9 Å². The van der Waals surface area contributed by atoms with Crippen molar-refractivity contribution in [2.75, 3.05) is 6.61 Å². The average molecular weight is 280 g/mol. The zero-order valence-corrected chi connectivity index (χ0v) is 10.3. The van der Waals surface area contributed by atoms with Gasteiger partial charge in [0.2, 0.25) is 0 Å². The summed E-state index contributed by atoms with van der Waals surface area (Å²) in [6, 6.07) is 7.55. The molecule has 0 saturated heterocycles. The monoisotopic (exact) mass is 279 g/mol. The second-order valence-electron chi connectivity index (χ2n) is 3.28. The fourth-order valence-corrected chi connectivity index (χ4v) is 1.81. The molecule has 0 aliphatic heterocycles. The van der Waals surface area contributed by atoms with Crippen LogP contribution in [0.1, 0.15) is 17.4 Å². The highest BCUT2D eigenvalue weighted by Crippen LogP contribution is 2.19. The normalized spacial score (nSPS) is 10.4. The van der Waals surface area contributed by atoms with Crippen LogP contribution in [-0.4, -0.2) is 17.6 Å². The standard InChI is InChI=1S/C12H10BrNO2/c1-2-16-12(15)11-6-8-3-4-10(13)5-9(8)7-14-11/h3-7H,2H2,1H3. The topological polar surface area (TPSA) is 39.2 Å². The predicted octanol–water partition coefficient (Wildman–Crippen LogP) is 3.17. The second kappa shape index (κ2) is 4.61. The van der Waals surface area contributed by atoms with Crippen molar-refractivity contribution in [3.8, 4) is 0 Å². The van der Waals surface area contributed by atoms with Gasteiger partial charge in [0.25, 0.3) is 0 Å². The number of hydrogen-bond acceptors (Lipinski definition) is 3. The van der Waals surface area contributed by atoms with E-state index < -0.39 is 0 Å². The molecule has 0 bridgehead atoms. The smallest absolute Gasteiger partial charge is 0.356 e. The van der Waals surface area contributed by atoms with Gasteiger partial charge in [-0.1, -0.05) is 22.0 Å². The molecule has 1 heterocycles. The summed E-state index contributed by atoms with van der Waals surface area (Å²) in [5.74, 6) is -0.382. The maximum atomic E-state index is 11.5. The number of ether oxygens (including phenoxy) is 1. The first kappa shape index (κ1) is 11.1. The van der Waals surface area contributed by atoms with Crippen molar-refractivity contribution >= 4 is 32.7 Å². The molecule has 16 heavy (non-hydrogen) atoms. The van der Waals surface area contributed by atoms with Crippen molar-refractivity contribution in [2.24, 2.45) is 0 Å². The molecule has 0 N–H and O–H groups in total. The van der Waals surface area contributed by atoms with Gasteiger partial charge in [0.15, 0.2) is 0 Å². The third-order valence-electron chi connectivity index (χ3n) is 2.17. The fraction of sp³-hybridized carbons (Fsp3) is 0.167. The number of hydrogen-bond donors (Lipinski definition) is 0. The van der Waals surface area contributed by atoms with E-state index in [1.54, 1.807) is 19.2 Å². The van der Waals surface area contributed by atoms with Crippen LogP contribution in [0.4, 0.5) is 0 Å². The van der Waals surface area contributed by atoms with Gasteiger partial charge in [-0.3, -0.25) is 0 Å². The maximum absolute atomic E-state index is 11.5. The van der Waals surface area contributed by atoms with Crippen molar-refractivity contribution in [2.45, 2.75) is 6.92 Å². The minimum atomic E-state index is -0.382. The van der Waals surface area contributed by atoms with E-state index in [1.807, 2.05) is 18.2 Å². The first-order chi connectivity index (χ1) is 7.70. The molecule has 0 spiro atoms. The van der Waals surface area contributed by atoms with Gasteiger partial charge in [-0.05, 0) is 30.5 Å². The van der Waals surface area contributed by atoms with Crippen molar-refractivity contribution in [1.82, 2.24) is 4.98 Å². The summed E-state index contributed by atoms with van der Waals surface area (Å²) in [5.41, 5.74) is 0.344. The number of esters is 1. The number of halogens is 1. The van der Waals surface area contributed by atoms with Crippen LogP contribution in [0.25, 0.3) is 10.8 Å². The predicted molar refractivity (Wildman–Crippen MR) is 65.4 cm³/mol. The number of pyridine rings is 1. The molecule has 1 aromatic carbocycles. The van der Waals surface area contributed by atoms with Crippen molar-refractivity contribution in [1.29, 1.82) is 0 Å². The quantitative estimate of drug-likeness (QED) is 0.793. The van der Waals surface area contributed by atoms with Gasteiger partial charge in [-0.25, -0.2) is 9.78 Å². The van der Waals surface area contributed by atoms with Gasteiger partial charge in [0.1, 0.15) is 5.69 Å². The fourth-order valence-electron chi connectivity index (χ4n) is 1.43. The summed E-state index contributed by atoms with van der Waals surface area (Å²) in [6.07, 6.45) is 1.67. The Hall–Kier alpha value is -1.42. The summed E-state index contributed by atoms with van der Waals surface area (Å²) < 4.78 is 5.88. The Morgan fingerprint density at radius 3 is 2.94 bits per heavy atom. The first-order valence-corrected chi connectivity index (χ1v) is 5.72. The van der Waals surface area contributed by atoms with Gasteiger partial charge in [-0.2, -0.15) is 0 Å². The Morgan fingerprint density at radius 1 is 1.38 bits per heavy atom. The van der Waals surface area contributed by atoms with E-state index in [4.69, 9.17) is 4.74 Å². The van der Waals surface area contributed by atoms with Gasteiger partial charge in [-0.15, -0.1) is 0 Å². The molecule has 1 aromatic heterocycles. The van der Waals surface area contributed by atoms with Gasteiger partial charge in [0.05, 0.1) is 6.61 Å². The zero-order chi connectivity index (χ0) is 11.5. The van der Waals surface area contributed by atoms with Crippen LogP contribution in [0.3, 0.4) is 0 Å². The minimum absolute atomic E-state index is 0.344. The summed E-state index contributed by atoms with van der Waals surface area (Å²) >= 11 is 3.39. The molecule has 0 aliphatic rings. The summed E-state index contributed by atoms with van der Waals surface area (Å²) in [5, 5.41) is 1.96. The lowest BCUT2D eigenvalue weighted by atomic mass is 10.1. The highest BCUT2D eigenvalue weighted by molar-refractivity contribution is 9.10. The number of rotatable bonds is 2. The molecular weight excluding hydrogens is 270 g/mol. The van der Waals surface area contributed by atoms with Crippen molar-refractivity contribution in [3.63, 3.8) is 0 Å². The van der Waals surface area contributed by atoms with Crippen LogP contribution in [0.15, 0.2) is 34.9 Å². The minimum Gasteiger partial charge on any atom is -0.461 e. The molecular formula is C12H10BrNO2. The highest BCUT2D eigenvalue weighted by Gasteiger charge is 2.08. The Morgan fingerprint density at radius 2 is 2.19 bits per heavy atom. The van der Waals surface area contributed by atoms with E-state index in [1.165, 1.54) is 0 Å². The highest BCUT2D eigenvalue weighted by atomic mass is 79.9. The Balaban J connectivity index is 2.44. The third-order valence-corrected chi connectivity index (χ3v) is 2.66. The van der Waals surface area contributed by atoms with E-state index in [2.05, 4.69) is 20.9 Å². The largest absolute Gasteiger partial charge is 0.461 e. The van der Waals surface area contributed by atoms with Crippen LogP contribution in [-0.2, 0) is 4.74 Å². The van der Waals surface area contributed by atoms with E-state index in [0.29, 0.717) is 12.3 Å². The lowest BCUT2D eigenvalue weighted by molar-refractivity contribution is 0.0520. The first-order valence-electron chi connectivity index (χ1n) is 4.93. The molecule has 0 saturated carbocycles. The Kier molecular flexibility index (Phi) is 3.19. The number of aromatic nitrogens is 1. The molecule has 3 nitrogen and oxygen atoms in total. The van der Waals surface area contributed by atoms with Crippen LogP contribution in [0, 0.1) is 0 Å². The zero-order valence-electron chi connectivity index (χ0n) is 8.74. The molecule has 0 aliphatic carbocycles. The SMILES string of the molecule is CCOC(=O)c1cc2ccc(Br)cc2cn1. The lowest BCUT2D eigenvalue weighted by Gasteiger charge is -2.03. The number of fused-ring (bicyclic) bond motifs is 1. The number of carbonyl (C=O) groups excluding carboxylic acids is 1.